The monoisotopic (exact) mass is 299 g/mol. The maximum Gasteiger partial charge on any atom is 0.245 e. The summed E-state index contributed by atoms with van der Waals surface area (Å²) < 4.78 is 1.82. The Morgan fingerprint density at radius 1 is 1.27 bits per heavy atom. The van der Waals surface area contributed by atoms with Crippen molar-refractivity contribution in [2.75, 3.05) is 23.3 Å². The topological polar surface area (TPSA) is 63.1 Å². The molecule has 2 aromatic heterocycles. The zero-order valence-corrected chi connectivity index (χ0v) is 12.8. The summed E-state index contributed by atoms with van der Waals surface area (Å²) in [5, 5.41) is 2.83. The van der Waals surface area contributed by atoms with Gasteiger partial charge in [-0.2, -0.15) is 0 Å². The molecule has 6 heteroatoms. The average Bonchev–Trinajstić information content (AvgIpc) is 3.01. The van der Waals surface area contributed by atoms with Gasteiger partial charge in [0.25, 0.3) is 0 Å². The molecule has 6 nitrogen and oxygen atoms in total. The van der Waals surface area contributed by atoms with Gasteiger partial charge in [-0.15, -0.1) is 0 Å². The van der Waals surface area contributed by atoms with E-state index in [1.54, 1.807) is 0 Å². The van der Waals surface area contributed by atoms with Gasteiger partial charge in [-0.25, -0.2) is 9.97 Å². The first-order valence-electron chi connectivity index (χ1n) is 7.68. The molecule has 2 aromatic rings. The molecule has 3 heterocycles. The molecular weight excluding hydrogens is 278 g/mol. The number of carbonyl (C=O) groups excluding carboxylic acids is 1. The van der Waals surface area contributed by atoms with Gasteiger partial charge in [0.2, 0.25) is 5.91 Å². The molecule has 1 aliphatic rings. The summed E-state index contributed by atoms with van der Waals surface area (Å²) in [6.45, 7) is 4.58. The van der Waals surface area contributed by atoms with Crippen molar-refractivity contribution in [3.63, 3.8) is 0 Å². The molecule has 0 aliphatic carbocycles. The second-order valence-electron chi connectivity index (χ2n) is 5.83. The number of nitrogens with one attached hydrogen (secondary N) is 1. The Kier molecular flexibility index (Phi) is 4.37. The quantitative estimate of drug-likeness (QED) is 0.939. The molecule has 22 heavy (non-hydrogen) atoms. The molecule has 0 aromatic carbocycles. The van der Waals surface area contributed by atoms with Crippen LogP contribution in [0.5, 0.6) is 0 Å². The molecule has 0 saturated carbocycles. The SMILES string of the molecule is CC1CCN(c2cc(NC(=O)Cn3cccc3)ncn2)CC1. The van der Waals surface area contributed by atoms with E-state index in [0.29, 0.717) is 5.82 Å². The van der Waals surface area contributed by atoms with Gasteiger partial charge >= 0.3 is 0 Å². The highest BCUT2D eigenvalue weighted by atomic mass is 16.2. The van der Waals surface area contributed by atoms with Crippen molar-refractivity contribution in [1.29, 1.82) is 0 Å². The summed E-state index contributed by atoms with van der Waals surface area (Å²) in [5.74, 6) is 2.13. The molecule has 0 bridgehead atoms. The molecule has 1 saturated heterocycles. The zero-order valence-electron chi connectivity index (χ0n) is 12.8. The fourth-order valence-corrected chi connectivity index (χ4v) is 2.65. The molecule has 0 unspecified atom stereocenters. The van der Waals surface area contributed by atoms with E-state index in [2.05, 4.69) is 27.1 Å². The van der Waals surface area contributed by atoms with Crippen molar-refractivity contribution in [3.8, 4) is 0 Å². The molecule has 116 valence electrons. The highest BCUT2D eigenvalue weighted by Crippen LogP contribution is 2.22. The van der Waals surface area contributed by atoms with Crippen LogP contribution >= 0.6 is 0 Å². The first-order chi connectivity index (χ1) is 10.7. The number of anilines is 2. The van der Waals surface area contributed by atoms with Crippen LogP contribution in [0.4, 0.5) is 11.6 Å². The van der Waals surface area contributed by atoms with Crippen molar-refractivity contribution < 1.29 is 4.79 Å². The van der Waals surface area contributed by atoms with E-state index < -0.39 is 0 Å². The number of nitrogens with zero attached hydrogens (tertiary/aromatic N) is 4. The number of amides is 1. The number of piperidine rings is 1. The highest BCUT2D eigenvalue weighted by molar-refractivity contribution is 5.89. The Labute approximate surface area is 130 Å². The molecule has 1 fully saturated rings. The molecule has 1 N–H and O–H groups in total. The minimum Gasteiger partial charge on any atom is -0.356 e. The third-order valence-corrected chi connectivity index (χ3v) is 4.02. The maximum absolute atomic E-state index is 12.0. The van der Waals surface area contributed by atoms with Crippen molar-refractivity contribution in [1.82, 2.24) is 14.5 Å². The van der Waals surface area contributed by atoms with Crippen LogP contribution in [0.2, 0.25) is 0 Å². The Morgan fingerprint density at radius 3 is 2.73 bits per heavy atom. The van der Waals surface area contributed by atoms with E-state index in [-0.39, 0.29) is 12.5 Å². The lowest BCUT2D eigenvalue weighted by Crippen LogP contribution is -2.33. The summed E-state index contributed by atoms with van der Waals surface area (Å²) in [6, 6.07) is 5.64. The lowest BCUT2D eigenvalue weighted by atomic mass is 9.99. The van der Waals surface area contributed by atoms with E-state index >= 15 is 0 Å². The van der Waals surface area contributed by atoms with E-state index in [1.807, 2.05) is 35.2 Å². The number of hydrogen-bond acceptors (Lipinski definition) is 4. The zero-order chi connectivity index (χ0) is 15.4. The van der Waals surface area contributed by atoms with Crippen LogP contribution in [0.1, 0.15) is 19.8 Å². The third kappa shape index (κ3) is 3.63. The van der Waals surface area contributed by atoms with Gasteiger partial charge in [0.15, 0.2) is 0 Å². The van der Waals surface area contributed by atoms with Gasteiger partial charge in [-0.1, -0.05) is 6.92 Å². The second-order valence-corrected chi connectivity index (χ2v) is 5.83. The van der Waals surface area contributed by atoms with Crippen LogP contribution in [0.15, 0.2) is 36.9 Å². The van der Waals surface area contributed by atoms with E-state index in [0.717, 1.165) is 24.8 Å². The first-order valence-corrected chi connectivity index (χ1v) is 7.68. The van der Waals surface area contributed by atoms with Gasteiger partial charge in [-0.05, 0) is 30.9 Å². The van der Waals surface area contributed by atoms with E-state index in [4.69, 9.17) is 0 Å². The second kappa shape index (κ2) is 6.60. The van der Waals surface area contributed by atoms with Crippen LogP contribution < -0.4 is 10.2 Å². The minimum absolute atomic E-state index is 0.0897. The third-order valence-electron chi connectivity index (χ3n) is 4.02. The summed E-state index contributed by atoms with van der Waals surface area (Å²) in [5.41, 5.74) is 0. The summed E-state index contributed by atoms with van der Waals surface area (Å²) in [7, 11) is 0. The van der Waals surface area contributed by atoms with Crippen molar-refractivity contribution >= 4 is 17.5 Å². The molecular formula is C16H21N5O. The Hall–Kier alpha value is -2.37. The van der Waals surface area contributed by atoms with Gasteiger partial charge in [0.1, 0.15) is 24.5 Å². The lowest BCUT2D eigenvalue weighted by Gasteiger charge is -2.31. The summed E-state index contributed by atoms with van der Waals surface area (Å²) in [4.78, 5) is 22.7. The number of rotatable bonds is 4. The minimum atomic E-state index is -0.0897. The Bertz CT molecular complexity index is 617. The molecule has 0 radical (unpaired) electrons. The van der Waals surface area contributed by atoms with Crippen LogP contribution in [0.25, 0.3) is 0 Å². The fraction of sp³-hybridized carbons (Fsp3) is 0.438. The van der Waals surface area contributed by atoms with Crippen molar-refractivity contribution in [2.24, 2.45) is 5.92 Å². The van der Waals surface area contributed by atoms with Crippen LogP contribution in [0, 0.1) is 5.92 Å². The Balaban J connectivity index is 1.62. The van der Waals surface area contributed by atoms with Gasteiger partial charge in [0.05, 0.1) is 0 Å². The normalized spacial score (nSPS) is 15.8. The summed E-state index contributed by atoms with van der Waals surface area (Å²) in [6.07, 6.45) is 7.59. The van der Waals surface area contributed by atoms with Gasteiger partial charge < -0.3 is 14.8 Å². The molecule has 1 aliphatic heterocycles. The standard InChI is InChI=1S/C16H21N5O/c1-13-4-8-21(9-5-13)15-10-14(17-12-18-15)19-16(22)11-20-6-2-3-7-20/h2-3,6-7,10,12-13H,4-5,8-9,11H2,1H3,(H,17,18,19,22). The lowest BCUT2D eigenvalue weighted by molar-refractivity contribution is -0.116. The maximum atomic E-state index is 12.0. The fourth-order valence-electron chi connectivity index (χ4n) is 2.65. The Morgan fingerprint density at radius 2 is 2.00 bits per heavy atom. The van der Waals surface area contributed by atoms with E-state index in [1.165, 1.54) is 19.2 Å². The average molecular weight is 299 g/mol. The number of aromatic nitrogens is 3. The number of carbonyl (C=O) groups is 1. The largest absolute Gasteiger partial charge is 0.356 e. The summed E-state index contributed by atoms with van der Waals surface area (Å²) >= 11 is 0. The van der Waals surface area contributed by atoms with Crippen molar-refractivity contribution in [3.05, 3.63) is 36.9 Å². The number of hydrogen-bond donors (Lipinski definition) is 1. The molecule has 0 spiro atoms. The van der Waals surface area contributed by atoms with Crippen LogP contribution in [-0.2, 0) is 11.3 Å². The molecule has 3 rings (SSSR count). The van der Waals surface area contributed by atoms with E-state index in [9.17, 15) is 4.79 Å². The van der Waals surface area contributed by atoms with Crippen LogP contribution in [0.3, 0.4) is 0 Å². The van der Waals surface area contributed by atoms with Crippen LogP contribution in [-0.4, -0.2) is 33.5 Å². The van der Waals surface area contributed by atoms with Crippen molar-refractivity contribution in [2.45, 2.75) is 26.3 Å². The van der Waals surface area contributed by atoms with Gasteiger partial charge in [0, 0.05) is 31.5 Å². The highest BCUT2D eigenvalue weighted by Gasteiger charge is 2.17. The molecule has 1 amide bonds. The van der Waals surface area contributed by atoms with Gasteiger partial charge in [-0.3, -0.25) is 4.79 Å². The smallest absolute Gasteiger partial charge is 0.245 e. The molecule has 0 atom stereocenters. The first kappa shape index (κ1) is 14.6. The predicted octanol–water partition coefficient (Wildman–Crippen LogP) is 2.15. The predicted molar refractivity (Wildman–Crippen MR) is 85.7 cm³/mol.